The molecule has 0 radical (unpaired) electrons. The fraction of sp³-hybridized carbons (Fsp3) is 0.667. The second-order valence-electron chi connectivity index (χ2n) is 3.02. The molecule has 0 aliphatic rings. The zero-order valence-electron chi connectivity index (χ0n) is 8.14. The number of carbonyl (C=O) groups excluding carboxylic acids is 1. The Morgan fingerprint density at radius 3 is 2.40 bits per heavy atom. The van der Waals surface area contributed by atoms with Crippen LogP contribution in [0.3, 0.4) is 0 Å². The van der Waals surface area contributed by atoms with Crippen LogP contribution in [0.1, 0.15) is 26.2 Å². The van der Waals surface area contributed by atoms with Gasteiger partial charge in [0.25, 0.3) is 0 Å². The first-order chi connectivity index (χ1) is 6.82. The molecule has 0 atom stereocenters. The highest BCUT2D eigenvalue weighted by molar-refractivity contribution is 5.90. The molecule has 0 saturated heterocycles. The molecule has 0 aromatic carbocycles. The van der Waals surface area contributed by atoms with Crippen LogP contribution in [0, 0.1) is 0 Å². The van der Waals surface area contributed by atoms with E-state index < -0.39 is 23.9 Å². The normalized spacial score (nSPS) is 13.3. The largest absolute Gasteiger partial charge is 0.506 e. The minimum atomic E-state index is -4.65. The van der Waals surface area contributed by atoms with Gasteiger partial charge in [-0.25, -0.2) is 8.78 Å². The summed E-state index contributed by atoms with van der Waals surface area (Å²) in [6.45, 7) is 1.78. The van der Waals surface area contributed by atoms with Gasteiger partial charge >= 0.3 is 12.3 Å². The molecule has 0 bridgehead atoms. The highest BCUT2D eigenvalue weighted by atomic mass is 19.3. The van der Waals surface area contributed by atoms with Crippen LogP contribution in [-0.4, -0.2) is 23.2 Å². The van der Waals surface area contributed by atoms with Crippen LogP contribution in [0.25, 0.3) is 0 Å². The molecule has 88 valence electrons. The number of rotatable bonds is 6. The van der Waals surface area contributed by atoms with Crippen LogP contribution < -0.4 is 0 Å². The minimum absolute atomic E-state index is 0.0418. The third-order valence-corrected chi connectivity index (χ3v) is 1.69. The maximum atomic E-state index is 12.4. The van der Waals surface area contributed by atoms with E-state index in [1.807, 2.05) is 0 Å². The van der Waals surface area contributed by atoms with Crippen molar-refractivity contribution in [2.24, 2.45) is 0 Å². The van der Waals surface area contributed by atoms with Gasteiger partial charge in [0.2, 0.25) is 0 Å². The first kappa shape index (κ1) is 13.9. The van der Waals surface area contributed by atoms with Gasteiger partial charge in [-0.15, -0.1) is 0 Å². The molecule has 2 nitrogen and oxygen atoms in total. The van der Waals surface area contributed by atoms with E-state index in [-0.39, 0.29) is 12.5 Å². The second-order valence-corrected chi connectivity index (χ2v) is 3.02. The zero-order chi connectivity index (χ0) is 12.1. The van der Waals surface area contributed by atoms with Crippen molar-refractivity contribution in [2.75, 3.05) is 0 Å². The van der Waals surface area contributed by atoms with Gasteiger partial charge in [-0.2, -0.15) is 8.78 Å². The lowest BCUT2D eigenvalue weighted by molar-refractivity contribution is -0.125. The Balaban J connectivity index is 4.48. The van der Waals surface area contributed by atoms with Gasteiger partial charge in [0, 0.05) is 12.5 Å². The number of carbonyl (C=O) groups is 1. The molecule has 1 N–H and O–H groups in total. The van der Waals surface area contributed by atoms with E-state index in [1.165, 1.54) is 0 Å². The molecule has 0 spiro atoms. The predicted octanol–water partition coefficient (Wildman–Crippen LogP) is 3.09. The van der Waals surface area contributed by atoms with Gasteiger partial charge < -0.3 is 5.11 Å². The van der Waals surface area contributed by atoms with E-state index in [4.69, 9.17) is 5.11 Å². The molecule has 6 heteroatoms. The fourth-order valence-corrected chi connectivity index (χ4v) is 0.784. The summed E-state index contributed by atoms with van der Waals surface area (Å²) in [5.74, 6) is -7.31. The maximum absolute atomic E-state index is 12.4. The molecule has 0 fully saturated rings. The van der Waals surface area contributed by atoms with Crippen LogP contribution in [0.2, 0.25) is 0 Å². The third-order valence-electron chi connectivity index (χ3n) is 1.69. The maximum Gasteiger partial charge on any atom is 0.363 e. The van der Waals surface area contributed by atoms with Crippen LogP contribution >= 0.6 is 0 Å². The molecule has 0 rings (SSSR count). The summed E-state index contributed by atoms with van der Waals surface area (Å²) >= 11 is 0. The Kier molecular flexibility index (Phi) is 5.32. The number of halogens is 4. The molecule has 0 amide bonds. The lowest BCUT2D eigenvalue weighted by atomic mass is 10.1. The first-order valence-electron chi connectivity index (χ1n) is 4.42. The van der Waals surface area contributed by atoms with Gasteiger partial charge in [0.05, 0.1) is 0 Å². The molecule has 0 saturated carbocycles. The van der Waals surface area contributed by atoms with Crippen molar-refractivity contribution in [1.82, 2.24) is 0 Å². The number of hydrogen-bond acceptors (Lipinski definition) is 2. The molecule has 0 aliphatic heterocycles. The molecule has 0 aromatic rings. The van der Waals surface area contributed by atoms with Crippen molar-refractivity contribution >= 4 is 5.78 Å². The number of aliphatic hydroxyl groups is 1. The lowest BCUT2D eigenvalue weighted by Crippen LogP contribution is -2.29. The van der Waals surface area contributed by atoms with Crippen molar-refractivity contribution in [2.45, 2.75) is 38.5 Å². The second kappa shape index (κ2) is 5.72. The van der Waals surface area contributed by atoms with E-state index >= 15 is 0 Å². The van der Waals surface area contributed by atoms with Gasteiger partial charge in [-0.3, -0.25) is 4.79 Å². The highest BCUT2D eigenvalue weighted by Crippen LogP contribution is 2.29. The predicted molar refractivity (Wildman–Crippen MR) is 46.2 cm³/mol. The van der Waals surface area contributed by atoms with E-state index in [0.717, 1.165) is 0 Å². The van der Waals surface area contributed by atoms with E-state index in [1.54, 1.807) is 6.92 Å². The lowest BCUT2D eigenvalue weighted by Gasteiger charge is -2.13. The summed E-state index contributed by atoms with van der Waals surface area (Å²) < 4.78 is 48.2. The zero-order valence-corrected chi connectivity index (χ0v) is 8.14. The SMILES string of the molecule is CCCCC(=O)/C=C(\O)C(F)(F)C(F)F. The van der Waals surface area contributed by atoms with Gasteiger partial charge in [-0.1, -0.05) is 13.3 Å². The molecule has 0 unspecified atom stereocenters. The Hall–Kier alpha value is -1.07. The van der Waals surface area contributed by atoms with Crippen molar-refractivity contribution in [3.8, 4) is 0 Å². The standard InChI is InChI=1S/C9H12F4O2/c1-2-3-4-6(14)5-7(15)9(12,13)8(10)11/h5,8,15H,2-4H2,1H3/b7-5-. The summed E-state index contributed by atoms with van der Waals surface area (Å²) in [4.78, 5) is 10.9. The van der Waals surface area contributed by atoms with Crippen LogP contribution in [0.4, 0.5) is 17.6 Å². The number of alkyl halides is 4. The molecular weight excluding hydrogens is 216 g/mol. The molecule has 15 heavy (non-hydrogen) atoms. The molecule has 0 aliphatic carbocycles. The van der Waals surface area contributed by atoms with Crippen molar-refractivity contribution in [1.29, 1.82) is 0 Å². The summed E-state index contributed by atoms with van der Waals surface area (Å²) in [6, 6.07) is 0. The minimum Gasteiger partial charge on any atom is -0.506 e. The monoisotopic (exact) mass is 228 g/mol. The van der Waals surface area contributed by atoms with Gasteiger partial charge in [0.1, 0.15) is 0 Å². The highest BCUT2D eigenvalue weighted by Gasteiger charge is 2.45. The van der Waals surface area contributed by atoms with Crippen molar-refractivity contribution < 1.29 is 27.5 Å². The average Bonchev–Trinajstić information content (AvgIpc) is 2.14. The topological polar surface area (TPSA) is 37.3 Å². The fourth-order valence-electron chi connectivity index (χ4n) is 0.784. The molecule has 0 aromatic heterocycles. The first-order valence-corrected chi connectivity index (χ1v) is 4.42. The number of hydrogen-bond donors (Lipinski definition) is 1. The molecule has 0 heterocycles. The Labute approximate surface area is 84.6 Å². The summed E-state index contributed by atoms with van der Waals surface area (Å²) in [6.07, 6.45) is -2.76. The number of aliphatic hydroxyl groups excluding tert-OH is 1. The number of unbranched alkanes of at least 4 members (excludes halogenated alkanes) is 1. The summed E-state index contributed by atoms with van der Waals surface area (Å²) in [5, 5.41) is 8.63. The number of ketones is 1. The van der Waals surface area contributed by atoms with Gasteiger partial charge in [0.15, 0.2) is 11.5 Å². The van der Waals surface area contributed by atoms with Crippen LogP contribution in [0.5, 0.6) is 0 Å². The molecular formula is C9H12F4O2. The van der Waals surface area contributed by atoms with E-state index in [9.17, 15) is 22.4 Å². The summed E-state index contributed by atoms with van der Waals surface area (Å²) in [7, 11) is 0. The van der Waals surface area contributed by atoms with Crippen LogP contribution in [-0.2, 0) is 4.79 Å². The summed E-state index contributed by atoms with van der Waals surface area (Å²) in [5.41, 5.74) is 0. The number of allylic oxidation sites excluding steroid dienone is 2. The Morgan fingerprint density at radius 2 is 2.00 bits per heavy atom. The van der Waals surface area contributed by atoms with E-state index in [2.05, 4.69) is 0 Å². The smallest absolute Gasteiger partial charge is 0.363 e. The van der Waals surface area contributed by atoms with Crippen molar-refractivity contribution in [3.63, 3.8) is 0 Å². The third kappa shape index (κ3) is 4.31. The van der Waals surface area contributed by atoms with Crippen LogP contribution in [0.15, 0.2) is 11.8 Å². The van der Waals surface area contributed by atoms with Gasteiger partial charge in [-0.05, 0) is 6.42 Å². The quantitative estimate of drug-likeness (QED) is 0.431. The van der Waals surface area contributed by atoms with Crippen molar-refractivity contribution in [3.05, 3.63) is 11.8 Å². The Morgan fingerprint density at radius 1 is 1.47 bits per heavy atom. The average molecular weight is 228 g/mol. The van der Waals surface area contributed by atoms with E-state index in [0.29, 0.717) is 12.8 Å². The Bertz CT molecular complexity index is 248.